The van der Waals surface area contributed by atoms with Gasteiger partial charge in [-0.3, -0.25) is 4.79 Å². The molecular weight excluding hydrogens is 421 g/mol. The Morgan fingerprint density at radius 1 is 1.17 bits per heavy atom. The van der Waals surface area contributed by atoms with E-state index >= 15 is 0 Å². The highest BCUT2D eigenvalue weighted by atomic mass is 35.5. The summed E-state index contributed by atoms with van der Waals surface area (Å²) in [6.45, 7) is 3.83. The minimum Gasteiger partial charge on any atom is -0.497 e. The predicted molar refractivity (Wildman–Crippen MR) is 120 cm³/mol. The molecule has 1 amide bonds. The van der Waals surface area contributed by atoms with Crippen LogP contribution in [0.1, 0.15) is 17.0 Å². The molecule has 0 saturated heterocycles. The van der Waals surface area contributed by atoms with Crippen molar-refractivity contribution in [3.05, 3.63) is 81.1 Å². The number of carbonyl (C=O) groups is 1. The number of nitriles is 1. The van der Waals surface area contributed by atoms with Crippen molar-refractivity contribution in [1.82, 2.24) is 4.57 Å². The van der Waals surface area contributed by atoms with Crippen molar-refractivity contribution in [1.29, 1.82) is 5.26 Å². The third-order valence-electron chi connectivity index (χ3n) is 4.61. The Bertz CT molecular complexity index is 1190. The van der Waals surface area contributed by atoms with Crippen molar-refractivity contribution in [2.75, 3.05) is 12.4 Å². The monoisotopic (exact) mass is 439 g/mol. The van der Waals surface area contributed by atoms with E-state index in [1.54, 1.807) is 49.6 Å². The molecule has 0 fully saturated rings. The molecule has 0 aliphatic carbocycles. The zero-order chi connectivity index (χ0) is 21.8. The van der Waals surface area contributed by atoms with Crippen LogP contribution >= 0.6 is 23.2 Å². The van der Waals surface area contributed by atoms with Crippen LogP contribution in [-0.2, 0) is 4.79 Å². The molecule has 0 bridgehead atoms. The van der Waals surface area contributed by atoms with Crippen LogP contribution in [0.2, 0.25) is 10.0 Å². The topological polar surface area (TPSA) is 67.0 Å². The molecule has 1 aromatic heterocycles. The summed E-state index contributed by atoms with van der Waals surface area (Å²) >= 11 is 12.4. The molecule has 0 radical (unpaired) electrons. The quantitative estimate of drug-likeness (QED) is 0.394. The summed E-state index contributed by atoms with van der Waals surface area (Å²) in [7, 11) is 1.55. The normalized spacial score (nSPS) is 11.1. The second-order valence-electron chi connectivity index (χ2n) is 6.61. The number of nitrogens with one attached hydrogen (secondary N) is 1. The maximum Gasteiger partial charge on any atom is 0.266 e. The first kappa shape index (κ1) is 21.5. The number of benzene rings is 2. The zero-order valence-corrected chi connectivity index (χ0v) is 18.2. The molecule has 3 aromatic rings. The SMILES string of the molecule is COc1cccc(NC(=O)/C(C#N)=C\c2cc(C)n(-c3ccc(Cl)cc3Cl)c2C)c1. The van der Waals surface area contributed by atoms with Crippen LogP contribution in [0.15, 0.2) is 54.1 Å². The van der Waals surface area contributed by atoms with Crippen LogP contribution in [-0.4, -0.2) is 17.6 Å². The standard InChI is InChI=1S/C23H19Cl2N3O2/c1-14-9-16(15(2)28(14)22-8-7-18(24)11-21(22)25)10-17(13-26)23(29)27-19-5-4-6-20(12-19)30-3/h4-12H,1-3H3,(H,27,29)/b17-10-. The van der Waals surface area contributed by atoms with Gasteiger partial charge in [0.1, 0.15) is 17.4 Å². The van der Waals surface area contributed by atoms with Crippen molar-refractivity contribution < 1.29 is 9.53 Å². The molecule has 30 heavy (non-hydrogen) atoms. The van der Waals surface area contributed by atoms with Crippen LogP contribution in [0.4, 0.5) is 5.69 Å². The number of rotatable bonds is 5. The van der Waals surface area contributed by atoms with Gasteiger partial charge in [0, 0.05) is 28.2 Å². The first-order valence-electron chi connectivity index (χ1n) is 9.05. The molecule has 2 aromatic carbocycles. The second kappa shape index (κ2) is 9.08. The molecule has 0 saturated carbocycles. The van der Waals surface area contributed by atoms with E-state index in [1.807, 2.05) is 36.6 Å². The highest BCUT2D eigenvalue weighted by molar-refractivity contribution is 6.35. The summed E-state index contributed by atoms with van der Waals surface area (Å²) in [5, 5.41) is 13.3. The number of anilines is 1. The first-order valence-corrected chi connectivity index (χ1v) is 9.81. The molecule has 152 valence electrons. The van der Waals surface area contributed by atoms with E-state index in [0.29, 0.717) is 21.5 Å². The van der Waals surface area contributed by atoms with E-state index in [0.717, 1.165) is 22.6 Å². The fourth-order valence-electron chi connectivity index (χ4n) is 3.17. The lowest BCUT2D eigenvalue weighted by molar-refractivity contribution is -0.112. The van der Waals surface area contributed by atoms with Gasteiger partial charge < -0.3 is 14.6 Å². The summed E-state index contributed by atoms with van der Waals surface area (Å²) in [5.41, 5.74) is 3.80. The third kappa shape index (κ3) is 4.51. The van der Waals surface area contributed by atoms with Gasteiger partial charge in [-0.2, -0.15) is 5.26 Å². The lowest BCUT2D eigenvalue weighted by Crippen LogP contribution is -2.13. The molecule has 0 spiro atoms. The highest BCUT2D eigenvalue weighted by Gasteiger charge is 2.15. The minimum absolute atomic E-state index is 0.0136. The number of hydrogen-bond donors (Lipinski definition) is 1. The van der Waals surface area contributed by atoms with Gasteiger partial charge in [-0.1, -0.05) is 29.3 Å². The van der Waals surface area contributed by atoms with E-state index in [9.17, 15) is 10.1 Å². The average Bonchev–Trinajstić information content (AvgIpc) is 2.99. The molecule has 1 N–H and O–H groups in total. The molecule has 0 aliphatic heterocycles. The van der Waals surface area contributed by atoms with Gasteiger partial charge >= 0.3 is 0 Å². The van der Waals surface area contributed by atoms with Crippen LogP contribution < -0.4 is 10.1 Å². The summed E-state index contributed by atoms with van der Waals surface area (Å²) in [6, 6.07) is 16.1. The van der Waals surface area contributed by atoms with Crippen LogP contribution in [0.5, 0.6) is 5.75 Å². The summed E-state index contributed by atoms with van der Waals surface area (Å²) in [6.07, 6.45) is 1.57. The zero-order valence-electron chi connectivity index (χ0n) is 16.7. The van der Waals surface area contributed by atoms with Crippen LogP contribution in [0.25, 0.3) is 11.8 Å². The molecule has 5 nitrogen and oxygen atoms in total. The van der Waals surface area contributed by atoms with Crippen LogP contribution in [0.3, 0.4) is 0 Å². The number of halogens is 2. The molecule has 0 atom stereocenters. The Kier molecular flexibility index (Phi) is 6.51. The van der Waals surface area contributed by atoms with E-state index in [-0.39, 0.29) is 5.57 Å². The van der Waals surface area contributed by atoms with E-state index in [4.69, 9.17) is 27.9 Å². The number of aryl methyl sites for hydroxylation is 1. The second-order valence-corrected chi connectivity index (χ2v) is 7.46. The van der Waals surface area contributed by atoms with Gasteiger partial charge in [-0.15, -0.1) is 0 Å². The summed E-state index contributed by atoms with van der Waals surface area (Å²) in [4.78, 5) is 12.6. The van der Waals surface area contributed by atoms with Crippen molar-refractivity contribution in [2.24, 2.45) is 0 Å². The minimum atomic E-state index is -0.500. The lowest BCUT2D eigenvalue weighted by Gasteiger charge is -2.12. The summed E-state index contributed by atoms with van der Waals surface area (Å²) < 4.78 is 7.11. The Morgan fingerprint density at radius 3 is 2.60 bits per heavy atom. The van der Waals surface area contributed by atoms with Crippen molar-refractivity contribution in [3.63, 3.8) is 0 Å². The molecule has 1 heterocycles. The number of ether oxygens (including phenoxy) is 1. The van der Waals surface area contributed by atoms with E-state index in [2.05, 4.69) is 5.32 Å². The molecule has 0 unspecified atom stereocenters. The number of amides is 1. The van der Waals surface area contributed by atoms with E-state index < -0.39 is 5.91 Å². The van der Waals surface area contributed by atoms with Crippen molar-refractivity contribution in [2.45, 2.75) is 13.8 Å². The number of aromatic nitrogens is 1. The van der Waals surface area contributed by atoms with Crippen molar-refractivity contribution >= 4 is 40.9 Å². The number of methoxy groups -OCH3 is 1. The first-order chi connectivity index (χ1) is 14.3. The van der Waals surface area contributed by atoms with Gasteiger partial charge in [0.15, 0.2) is 0 Å². The molecular formula is C23H19Cl2N3O2. The smallest absolute Gasteiger partial charge is 0.266 e. The molecule has 0 aliphatic rings. The van der Waals surface area contributed by atoms with Crippen molar-refractivity contribution in [3.8, 4) is 17.5 Å². The Hall–Kier alpha value is -3.20. The lowest BCUT2D eigenvalue weighted by atomic mass is 10.1. The Morgan fingerprint density at radius 2 is 1.93 bits per heavy atom. The maximum absolute atomic E-state index is 12.6. The predicted octanol–water partition coefficient (Wildman–Crippen LogP) is 5.96. The summed E-state index contributed by atoms with van der Waals surface area (Å²) in [5.74, 6) is 0.110. The Balaban J connectivity index is 1.94. The van der Waals surface area contributed by atoms with Gasteiger partial charge in [0.2, 0.25) is 0 Å². The molecule has 7 heteroatoms. The number of nitrogens with zero attached hydrogens (tertiary/aromatic N) is 2. The average molecular weight is 440 g/mol. The fraction of sp³-hybridized carbons (Fsp3) is 0.130. The Labute approximate surface area is 185 Å². The van der Waals surface area contributed by atoms with Gasteiger partial charge in [-0.25, -0.2) is 0 Å². The van der Waals surface area contributed by atoms with Gasteiger partial charge in [-0.05, 0) is 61.9 Å². The highest BCUT2D eigenvalue weighted by Crippen LogP contribution is 2.29. The largest absolute Gasteiger partial charge is 0.497 e. The molecule has 3 rings (SSSR count). The third-order valence-corrected chi connectivity index (χ3v) is 5.15. The van der Waals surface area contributed by atoms with Gasteiger partial charge in [0.25, 0.3) is 5.91 Å². The van der Waals surface area contributed by atoms with Crippen LogP contribution in [0, 0.1) is 25.2 Å². The number of hydrogen-bond acceptors (Lipinski definition) is 3. The maximum atomic E-state index is 12.6. The van der Waals surface area contributed by atoms with E-state index in [1.165, 1.54) is 0 Å². The fourth-order valence-corrected chi connectivity index (χ4v) is 3.66. The van der Waals surface area contributed by atoms with Gasteiger partial charge in [0.05, 0.1) is 17.8 Å². The number of carbonyl (C=O) groups excluding carboxylic acids is 1.